The van der Waals surface area contributed by atoms with Crippen molar-refractivity contribution in [3.63, 3.8) is 0 Å². The van der Waals surface area contributed by atoms with E-state index in [0.29, 0.717) is 12.2 Å². The van der Waals surface area contributed by atoms with Crippen molar-refractivity contribution in [2.45, 2.75) is 51.6 Å². The molecule has 0 aromatic heterocycles. The number of nitrogens with one attached hydrogen (secondary N) is 1. The Hall–Kier alpha value is -3.65. The van der Waals surface area contributed by atoms with Gasteiger partial charge in [0.1, 0.15) is 12.6 Å². The van der Waals surface area contributed by atoms with Gasteiger partial charge in [-0.1, -0.05) is 67.1 Å². The zero-order valence-electron chi connectivity index (χ0n) is 21.8. The molecule has 0 aliphatic carbocycles. The Morgan fingerprint density at radius 3 is 2.14 bits per heavy atom. The van der Waals surface area contributed by atoms with Crippen LogP contribution in [-0.4, -0.2) is 44.3 Å². The van der Waals surface area contributed by atoms with E-state index in [1.54, 1.807) is 49.4 Å². The molecule has 196 valence electrons. The first kappa shape index (κ1) is 27.9. The van der Waals surface area contributed by atoms with E-state index in [9.17, 15) is 18.0 Å². The van der Waals surface area contributed by atoms with E-state index in [1.807, 2.05) is 45.0 Å². The smallest absolute Gasteiger partial charge is 0.264 e. The maximum atomic E-state index is 13.8. The predicted molar refractivity (Wildman–Crippen MR) is 147 cm³/mol. The minimum absolute atomic E-state index is 0.0857. The molecule has 1 N–H and O–H groups in total. The van der Waals surface area contributed by atoms with Crippen LogP contribution in [0, 0.1) is 13.8 Å². The van der Waals surface area contributed by atoms with E-state index in [2.05, 4.69) is 5.32 Å². The van der Waals surface area contributed by atoms with E-state index < -0.39 is 28.5 Å². The van der Waals surface area contributed by atoms with Gasteiger partial charge in [0.05, 0.1) is 10.6 Å². The molecule has 3 aromatic carbocycles. The van der Waals surface area contributed by atoms with E-state index in [1.165, 1.54) is 17.0 Å². The largest absolute Gasteiger partial charge is 0.354 e. The zero-order chi connectivity index (χ0) is 27.0. The minimum Gasteiger partial charge on any atom is -0.354 e. The van der Waals surface area contributed by atoms with Crippen LogP contribution in [0.1, 0.15) is 37.0 Å². The summed E-state index contributed by atoms with van der Waals surface area (Å²) in [6.07, 6.45) is 0.765. The molecular formula is C29H35N3O4S. The van der Waals surface area contributed by atoms with Crippen molar-refractivity contribution in [3.05, 3.63) is 95.6 Å². The lowest BCUT2D eigenvalue weighted by Gasteiger charge is -2.32. The second kappa shape index (κ2) is 12.5. The first-order chi connectivity index (χ1) is 17.6. The Bertz CT molecular complexity index is 1310. The van der Waals surface area contributed by atoms with Crippen molar-refractivity contribution >= 4 is 27.5 Å². The van der Waals surface area contributed by atoms with Crippen molar-refractivity contribution < 1.29 is 18.0 Å². The standard InChI is InChI=1S/C29H35N3O4S/c1-5-19-30-29(34)24(4)31(20-25-12-10-9-11-23(25)3)28(33)21-32(26-17-15-22(2)16-18-26)37(35,36)27-13-7-6-8-14-27/h6-18,24H,5,19-21H2,1-4H3,(H,30,34)/t24-/m1/s1. The average molecular weight is 522 g/mol. The third-order valence-electron chi connectivity index (χ3n) is 6.25. The minimum atomic E-state index is -4.05. The van der Waals surface area contributed by atoms with Crippen molar-refractivity contribution in [2.24, 2.45) is 0 Å². The molecule has 0 fully saturated rings. The fraction of sp³-hybridized carbons (Fsp3) is 0.310. The molecule has 0 heterocycles. The summed E-state index contributed by atoms with van der Waals surface area (Å²) in [4.78, 5) is 28.3. The molecule has 3 rings (SSSR count). The summed E-state index contributed by atoms with van der Waals surface area (Å²) in [7, 11) is -4.05. The highest BCUT2D eigenvalue weighted by molar-refractivity contribution is 7.92. The fourth-order valence-electron chi connectivity index (χ4n) is 3.91. The Morgan fingerprint density at radius 1 is 0.892 bits per heavy atom. The number of rotatable bonds is 11. The number of carbonyl (C=O) groups is 2. The third-order valence-corrected chi connectivity index (χ3v) is 8.04. The maximum Gasteiger partial charge on any atom is 0.264 e. The van der Waals surface area contributed by atoms with Gasteiger partial charge in [0.15, 0.2) is 0 Å². The second-order valence-corrected chi connectivity index (χ2v) is 10.9. The number of amides is 2. The Balaban J connectivity index is 2.01. The van der Waals surface area contributed by atoms with Crippen molar-refractivity contribution in [1.29, 1.82) is 0 Å². The number of hydrogen-bond acceptors (Lipinski definition) is 4. The molecule has 0 saturated carbocycles. The predicted octanol–water partition coefficient (Wildman–Crippen LogP) is 4.44. The number of aryl methyl sites for hydroxylation is 2. The number of sulfonamides is 1. The molecule has 0 bridgehead atoms. The van der Waals surface area contributed by atoms with Gasteiger partial charge in [0.2, 0.25) is 11.8 Å². The van der Waals surface area contributed by atoms with E-state index >= 15 is 0 Å². The Labute approximate surface area is 220 Å². The number of nitrogens with zero attached hydrogens (tertiary/aromatic N) is 2. The summed E-state index contributed by atoms with van der Waals surface area (Å²) in [5.41, 5.74) is 3.21. The van der Waals surface area contributed by atoms with Gasteiger partial charge >= 0.3 is 0 Å². The molecule has 37 heavy (non-hydrogen) atoms. The molecule has 0 aliphatic rings. The van der Waals surface area contributed by atoms with Crippen LogP contribution < -0.4 is 9.62 Å². The Morgan fingerprint density at radius 2 is 1.51 bits per heavy atom. The van der Waals surface area contributed by atoms with Crippen LogP contribution >= 0.6 is 0 Å². The molecule has 0 spiro atoms. The summed E-state index contributed by atoms with van der Waals surface area (Å²) >= 11 is 0. The third kappa shape index (κ3) is 6.98. The molecule has 7 nitrogen and oxygen atoms in total. The van der Waals surface area contributed by atoms with Gasteiger partial charge in [0, 0.05) is 13.1 Å². The fourth-order valence-corrected chi connectivity index (χ4v) is 5.34. The zero-order valence-corrected chi connectivity index (χ0v) is 22.7. The van der Waals surface area contributed by atoms with Crippen LogP contribution in [0.15, 0.2) is 83.8 Å². The van der Waals surface area contributed by atoms with Crippen molar-refractivity contribution in [3.8, 4) is 0 Å². The van der Waals surface area contributed by atoms with Crippen LogP contribution in [-0.2, 0) is 26.2 Å². The van der Waals surface area contributed by atoms with E-state index in [-0.39, 0.29) is 17.3 Å². The number of anilines is 1. The highest BCUT2D eigenvalue weighted by Crippen LogP contribution is 2.25. The number of carbonyl (C=O) groups excluding carboxylic acids is 2. The molecule has 1 atom stereocenters. The van der Waals surface area contributed by atoms with Gasteiger partial charge in [-0.05, 0) is 62.6 Å². The van der Waals surface area contributed by atoms with Crippen LogP contribution in [0.3, 0.4) is 0 Å². The van der Waals surface area contributed by atoms with Crippen LogP contribution in [0.5, 0.6) is 0 Å². The quantitative estimate of drug-likeness (QED) is 0.404. The Kier molecular flexibility index (Phi) is 9.47. The first-order valence-corrected chi connectivity index (χ1v) is 13.8. The lowest BCUT2D eigenvalue weighted by molar-refractivity contribution is -0.139. The van der Waals surface area contributed by atoms with Gasteiger partial charge in [-0.2, -0.15) is 0 Å². The number of hydrogen-bond donors (Lipinski definition) is 1. The summed E-state index contributed by atoms with van der Waals surface area (Å²) in [5.74, 6) is -0.751. The monoisotopic (exact) mass is 521 g/mol. The SMILES string of the molecule is CCCNC(=O)[C@@H](C)N(Cc1ccccc1C)C(=O)CN(c1ccc(C)cc1)S(=O)(=O)c1ccccc1. The highest BCUT2D eigenvalue weighted by Gasteiger charge is 2.32. The van der Waals surface area contributed by atoms with Crippen molar-refractivity contribution in [1.82, 2.24) is 10.2 Å². The van der Waals surface area contributed by atoms with Crippen LogP contribution in [0.2, 0.25) is 0 Å². The van der Waals surface area contributed by atoms with Gasteiger partial charge in [-0.3, -0.25) is 13.9 Å². The first-order valence-electron chi connectivity index (χ1n) is 12.4. The van der Waals surface area contributed by atoms with Crippen LogP contribution in [0.4, 0.5) is 5.69 Å². The molecule has 0 aliphatic heterocycles. The molecule has 0 saturated heterocycles. The molecule has 3 aromatic rings. The van der Waals surface area contributed by atoms with Crippen LogP contribution in [0.25, 0.3) is 0 Å². The van der Waals surface area contributed by atoms with E-state index in [4.69, 9.17) is 0 Å². The van der Waals surface area contributed by atoms with E-state index in [0.717, 1.165) is 27.4 Å². The van der Waals surface area contributed by atoms with Gasteiger partial charge < -0.3 is 10.2 Å². The van der Waals surface area contributed by atoms with Gasteiger partial charge in [-0.15, -0.1) is 0 Å². The molecular weight excluding hydrogens is 486 g/mol. The summed E-state index contributed by atoms with van der Waals surface area (Å²) in [5, 5.41) is 2.85. The van der Waals surface area contributed by atoms with Crippen molar-refractivity contribution in [2.75, 3.05) is 17.4 Å². The molecule has 8 heteroatoms. The lowest BCUT2D eigenvalue weighted by atomic mass is 10.1. The summed E-state index contributed by atoms with van der Waals surface area (Å²) in [6, 6.07) is 21.9. The second-order valence-electron chi connectivity index (χ2n) is 9.08. The topological polar surface area (TPSA) is 86.8 Å². The number of benzene rings is 3. The highest BCUT2D eigenvalue weighted by atomic mass is 32.2. The van der Waals surface area contributed by atoms with Gasteiger partial charge in [0.25, 0.3) is 10.0 Å². The molecule has 2 amide bonds. The molecule has 0 radical (unpaired) electrons. The normalized spacial score (nSPS) is 12.0. The maximum absolute atomic E-state index is 13.8. The average Bonchev–Trinajstić information content (AvgIpc) is 2.90. The lowest BCUT2D eigenvalue weighted by Crippen LogP contribution is -2.51. The van der Waals surface area contributed by atoms with Gasteiger partial charge in [-0.25, -0.2) is 8.42 Å². The summed E-state index contributed by atoms with van der Waals surface area (Å²) < 4.78 is 28.5. The summed E-state index contributed by atoms with van der Waals surface area (Å²) in [6.45, 7) is 7.70. The molecule has 0 unspecified atom stereocenters.